The van der Waals surface area contributed by atoms with Crippen molar-refractivity contribution in [1.29, 1.82) is 0 Å². The summed E-state index contributed by atoms with van der Waals surface area (Å²) < 4.78 is 23.5. The van der Waals surface area contributed by atoms with Crippen LogP contribution in [0.15, 0.2) is 30.3 Å². The largest absolute Gasteiger partial charge is 0.296 e. The Balaban J connectivity index is 2.59. The van der Waals surface area contributed by atoms with Gasteiger partial charge in [0.05, 0.1) is 0 Å². The van der Waals surface area contributed by atoms with Crippen molar-refractivity contribution >= 4 is 5.78 Å². The molecular weight excluding hydrogens is 162 g/mol. The molecular formula is C9H8F2O. The Morgan fingerprint density at radius 1 is 1.25 bits per heavy atom. The molecule has 0 aromatic heterocycles. The van der Waals surface area contributed by atoms with Crippen LogP contribution in [-0.2, 0) is 11.2 Å². The predicted molar refractivity (Wildman–Crippen MR) is 41.2 cm³/mol. The molecule has 1 aromatic carbocycles. The Kier molecular flexibility index (Phi) is 2.91. The fourth-order valence-corrected chi connectivity index (χ4v) is 0.874. The molecule has 0 aliphatic heterocycles. The van der Waals surface area contributed by atoms with Gasteiger partial charge >= 0.3 is 0 Å². The number of hydrogen-bond donors (Lipinski definition) is 0. The van der Waals surface area contributed by atoms with E-state index in [-0.39, 0.29) is 6.42 Å². The third-order valence-corrected chi connectivity index (χ3v) is 1.46. The molecule has 64 valence electrons. The zero-order valence-electron chi connectivity index (χ0n) is 6.34. The van der Waals surface area contributed by atoms with Gasteiger partial charge in [0, 0.05) is 6.42 Å². The smallest absolute Gasteiger partial charge is 0.293 e. The molecule has 0 unspecified atom stereocenters. The van der Waals surface area contributed by atoms with Gasteiger partial charge in [-0.2, -0.15) is 0 Å². The van der Waals surface area contributed by atoms with Gasteiger partial charge in [0.1, 0.15) is 0 Å². The number of rotatable bonds is 3. The maximum atomic E-state index is 11.8. The summed E-state index contributed by atoms with van der Waals surface area (Å²) in [5, 5.41) is 0. The highest BCUT2D eigenvalue weighted by molar-refractivity contribution is 5.83. The monoisotopic (exact) mass is 170 g/mol. The fourth-order valence-electron chi connectivity index (χ4n) is 0.874. The van der Waals surface area contributed by atoms with Gasteiger partial charge in [-0.3, -0.25) is 4.79 Å². The summed E-state index contributed by atoms with van der Waals surface area (Å²) in [6.45, 7) is 0. The number of Topliss-reactive ketones (excluding diaryl/α,β-unsaturated/α-hetero) is 1. The zero-order chi connectivity index (χ0) is 8.97. The number of alkyl halides is 2. The first kappa shape index (κ1) is 8.84. The zero-order valence-corrected chi connectivity index (χ0v) is 6.34. The van der Waals surface area contributed by atoms with E-state index in [1.165, 1.54) is 0 Å². The summed E-state index contributed by atoms with van der Waals surface area (Å²) >= 11 is 0. The first-order valence-electron chi connectivity index (χ1n) is 3.55. The van der Waals surface area contributed by atoms with Gasteiger partial charge in [0.2, 0.25) is 5.78 Å². The van der Waals surface area contributed by atoms with Crippen LogP contribution in [-0.4, -0.2) is 12.2 Å². The molecule has 12 heavy (non-hydrogen) atoms. The fraction of sp³-hybridized carbons (Fsp3) is 0.222. The van der Waals surface area contributed by atoms with Crippen molar-refractivity contribution in [1.82, 2.24) is 0 Å². The van der Waals surface area contributed by atoms with Crippen molar-refractivity contribution in [3.63, 3.8) is 0 Å². The van der Waals surface area contributed by atoms with Crippen molar-refractivity contribution in [3.05, 3.63) is 35.9 Å². The van der Waals surface area contributed by atoms with Gasteiger partial charge in [0.25, 0.3) is 6.43 Å². The first-order valence-corrected chi connectivity index (χ1v) is 3.55. The van der Waals surface area contributed by atoms with Crippen molar-refractivity contribution in [2.24, 2.45) is 0 Å². The minimum atomic E-state index is -2.86. The van der Waals surface area contributed by atoms with Crippen LogP contribution in [0.3, 0.4) is 0 Å². The van der Waals surface area contributed by atoms with E-state index in [9.17, 15) is 13.6 Å². The second-order valence-electron chi connectivity index (χ2n) is 2.43. The molecule has 0 saturated heterocycles. The van der Waals surface area contributed by atoms with E-state index < -0.39 is 12.2 Å². The molecule has 1 aromatic rings. The van der Waals surface area contributed by atoms with Gasteiger partial charge in [0.15, 0.2) is 0 Å². The highest BCUT2D eigenvalue weighted by Crippen LogP contribution is 2.04. The Labute approximate surface area is 69.0 Å². The van der Waals surface area contributed by atoms with Crippen LogP contribution >= 0.6 is 0 Å². The summed E-state index contributed by atoms with van der Waals surface area (Å²) in [6, 6.07) is 8.51. The molecule has 0 radical (unpaired) electrons. The van der Waals surface area contributed by atoms with Gasteiger partial charge in [-0.15, -0.1) is 0 Å². The van der Waals surface area contributed by atoms with Crippen LogP contribution in [0.1, 0.15) is 5.56 Å². The molecule has 1 nitrogen and oxygen atoms in total. The van der Waals surface area contributed by atoms with Crippen molar-refractivity contribution < 1.29 is 13.6 Å². The van der Waals surface area contributed by atoms with Crippen molar-refractivity contribution in [2.45, 2.75) is 12.8 Å². The number of benzene rings is 1. The molecule has 1 rings (SSSR count). The normalized spacial score (nSPS) is 10.2. The standard InChI is InChI=1S/C9H8F2O/c10-9(11)8(12)6-7-4-2-1-3-5-7/h1-5,9H,6H2. The van der Waals surface area contributed by atoms with Crippen LogP contribution in [0.4, 0.5) is 8.78 Å². The summed E-state index contributed by atoms with van der Waals surface area (Å²) in [6.07, 6.45) is -3.04. The molecule has 0 aliphatic rings. The van der Waals surface area contributed by atoms with Gasteiger partial charge in [-0.1, -0.05) is 30.3 Å². The second-order valence-corrected chi connectivity index (χ2v) is 2.43. The van der Waals surface area contributed by atoms with E-state index in [1.54, 1.807) is 30.3 Å². The second kappa shape index (κ2) is 3.95. The van der Waals surface area contributed by atoms with Crippen LogP contribution in [0.25, 0.3) is 0 Å². The van der Waals surface area contributed by atoms with Gasteiger partial charge in [-0.05, 0) is 5.56 Å². The third-order valence-electron chi connectivity index (χ3n) is 1.46. The maximum absolute atomic E-state index is 11.8. The molecule has 0 saturated carbocycles. The molecule has 0 N–H and O–H groups in total. The lowest BCUT2D eigenvalue weighted by Crippen LogP contribution is -2.12. The lowest BCUT2D eigenvalue weighted by molar-refractivity contribution is -0.128. The lowest BCUT2D eigenvalue weighted by atomic mass is 10.1. The molecule has 0 aliphatic carbocycles. The molecule has 3 heteroatoms. The van der Waals surface area contributed by atoms with E-state index in [1.807, 2.05) is 0 Å². The Bertz CT molecular complexity index is 256. The predicted octanol–water partition coefficient (Wildman–Crippen LogP) is 2.06. The summed E-state index contributed by atoms with van der Waals surface area (Å²) in [5.74, 6) is -1.03. The van der Waals surface area contributed by atoms with Crippen molar-refractivity contribution in [2.75, 3.05) is 0 Å². The first-order chi connectivity index (χ1) is 5.70. The molecule has 0 amide bonds. The van der Waals surface area contributed by atoms with Gasteiger partial charge < -0.3 is 0 Å². The third kappa shape index (κ3) is 2.42. The average molecular weight is 170 g/mol. The molecule has 0 spiro atoms. The Morgan fingerprint density at radius 2 is 1.83 bits per heavy atom. The number of halogens is 2. The number of hydrogen-bond acceptors (Lipinski definition) is 1. The Hall–Kier alpha value is -1.25. The number of carbonyl (C=O) groups excluding carboxylic acids is 1. The minimum Gasteiger partial charge on any atom is -0.293 e. The summed E-state index contributed by atoms with van der Waals surface area (Å²) in [7, 11) is 0. The number of carbonyl (C=O) groups is 1. The van der Waals surface area contributed by atoms with Crippen LogP contribution in [0, 0.1) is 0 Å². The summed E-state index contributed by atoms with van der Waals surface area (Å²) in [4.78, 5) is 10.6. The quantitative estimate of drug-likeness (QED) is 0.678. The topological polar surface area (TPSA) is 17.1 Å². The molecule has 0 heterocycles. The van der Waals surface area contributed by atoms with E-state index in [0.29, 0.717) is 5.56 Å². The van der Waals surface area contributed by atoms with E-state index in [2.05, 4.69) is 0 Å². The Morgan fingerprint density at radius 3 is 2.33 bits per heavy atom. The minimum absolute atomic E-state index is 0.182. The van der Waals surface area contributed by atoms with Crippen LogP contribution in [0.2, 0.25) is 0 Å². The molecule has 0 fully saturated rings. The van der Waals surface area contributed by atoms with E-state index in [4.69, 9.17) is 0 Å². The summed E-state index contributed by atoms with van der Waals surface area (Å²) in [5.41, 5.74) is 0.628. The van der Waals surface area contributed by atoms with E-state index in [0.717, 1.165) is 0 Å². The van der Waals surface area contributed by atoms with Gasteiger partial charge in [-0.25, -0.2) is 8.78 Å². The average Bonchev–Trinajstić information content (AvgIpc) is 2.06. The highest BCUT2D eigenvalue weighted by Gasteiger charge is 2.14. The van der Waals surface area contributed by atoms with Crippen molar-refractivity contribution in [3.8, 4) is 0 Å². The molecule has 0 bridgehead atoms. The van der Waals surface area contributed by atoms with E-state index >= 15 is 0 Å². The molecule has 0 atom stereocenters. The highest BCUT2D eigenvalue weighted by atomic mass is 19.3. The maximum Gasteiger partial charge on any atom is 0.296 e. The lowest BCUT2D eigenvalue weighted by Gasteiger charge is -1.98. The van der Waals surface area contributed by atoms with Crippen LogP contribution in [0.5, 0.6) is 0 Å². The van der Waals surface area contributed by atoms with Crippen LogP contribution < -0.4 is 0 Å². The SMILES string of the molecule is O=C(Cc1ccccc1)C(F)F. The number of ketones is 1.